The molecule has 0 aliphatic carbocycles. The van der Waals surface area contributed by atoms with Crippen molar-refractivity contribution in [2.24, 2.45) is 4.99 Å². The Balaban J connectivity index is 1.88. The topological polar surface area (TPSA) is 73.8 Å². The number of halogens is 2. The molecule has 1 fully saturated rings. The molecule has 0 spiro atoms. The average Bonchev–Trinajstić information content (AvgIpc) is 2.61. The molecule has 1 saturated heterocycles. The summed E-state index contributed by atoms with van der Waals surface area (Å²) in [5.41, 5.74) is 0.211. The first kappa shape index (κ1) is 21.6. The van der Waals surface area contributed by atoms with Crippen LogP contribution in [0, 0.1) is 11.6 Å². The Labute approximate surface area is 160 Å². The molecular formula is C18H28F2N4O2S. The number of benzene rings is 1. The van der Waals surface area contributed by atoms with Crippen molar-refractivity contribution < 1.29 is 17.2 Å². The summed E-state index contributed by atoms with van der Waals surface area (Å²) in [5.74, 6) is -0.221. The number of guanidine groups is 1. The Hall–Kier alpha value is -1.74. The summed E-state index contributed by atoms with van der Waals surface area (Å²) in [6.45, 7) is 4.82. The lowest BCUT2D eigenvalue weighted by Crippen LogP contribution is -2.49. The number of nitrogens with one attached hydrogen (secondary N) is 2. The van der Waals surface area contributed by atoms with Crippen molar-refractivity contribution in [3.05, 3.63) is 35.4 Å². The summed E-state index contributed by atoms with van der Waals surface area (Å²) >= 11 is 0. The summed E-state index contributed by atoms with van der Waals surface area (Å²) in [7, 11) is -2.95. The quantitative estimate of drug-likeness (QED) is 0.535. The largest absolute Gasteiger partial charge is 0.357 e. The fourth-order valence-corrected chi connectivity index (χ4v) is 3.53. The van der Waals surface area contributed by atoms with Crippen molar-refractivity contribution in [3.63, 3.8) is 0 Å². The van der Waals surface area contributed by atoms with Gasteiger partial charge >= 0.3 is 0 Å². The lowest BCUT2D eigenvalue weighted by molar-refractivity contribution is 0.216. The van der Waals surface area contributed by atoms with Crippen LogP contribution in [0.5, 0.6) is 0 Å². The van der Waals surface area contributed by atoms with E-state index in [4.69, 9.17) is 0 Å². The van der Waals surface area contributed by atoms with Crippen molar-refractivity contribution in [2.45, 2.75) is 32.4 Å². The molecule has 27 heavy (non-hydrogen) atoms. The molecule has 0 radical (unpaired) electrons. The number of rotatable bonds is 7. The summed E-state index contributed by atoms with van der Waals surface area (Å²) in [4.78, 5) is 6.51. The standard InChI is InChI=1S/C18H28F2N4O2S/c1-3-21-18(22-13-14-12-15(19)4-5-17(14)20)23-16-6-8-24(9-7-16)10-11-27(2,25)26/h4-5,12,16H,3,6-11,13H2,1-2H3,(H2,21,22,23). The smallest absolute Gasteiger partial charge is 0.191 e. The first-order valence-corrected chi connectivity index (χ1v) is 11.2. The normalized spacial score (nSPS) is 17.1. The lowest BCUT2D eigenvalue weighted by atomic mass is 10.1. The second-order valence-corrected chi connectivity index (χ2v) is 9.08. The maximum atomic E-state index is 13.7. The summed E-state index contributed by atoms with van der Waals surface area (Å²) < 4.78 is 49.6. The van der Waals surface area contributed by atoms with Crippen LogP contribution < -0.4 is 10.6 Å². The third-order valence-corrected chi connectivity index (χ3v) is 5.39. The minimum atomic E-state index is -2.95. The average molecular weight is 403 g/mol. The third kappa shape index (κ3) is 7.80. The summed E-state index contributed by atoms with van der Waals surface area (Å²) in [6, 6.07) is 3.55. The van der Waals surface area contributed by atoms with Crippen LogP contribution in [0.1, 0.15) is 25.3 Å². The van der Waals surface area contributed by atoms with Crippen LogP contribution in [0.25, 0.3) is 0 Å². The van der Waals surface area contributed by atoms with Gasteiger partial charge in [0.25, 0.3) is 0 Å². The van der Waals surface area contributed by atoms with Crippen LogP contribution in [0.2, 0.25) is 0 Å². The molecule has 0 amide bonds. The maximum absolute atomic E-state index is 13.7. The van der Waals surface area contributed by atoms with Crippen molar-refractivity contribution in [1.29, 1.82) is 0 Å². The number of piperidine rings is 1. The molecule has 1 aromatic rings. The zero-order chi connectivity index (χ0) is 19.9. The van der Waals surface area contributed by atoms with Gasteiger partial charge < -0.3 is 15.5 Å². The number of nitrogens with zero attached hydrogens (tertiary/aromatic N) is 2. The monoisotopic (exact) mass is 402 g/mol. The van der Waals surface area contributed by atoms with E-state index in [2.05, 4.69) is 20.5 Å². The van der Waals surface area contributed by atoms with E-state index in [-0.39, 0.29) is 23.9 Å². The Kier molecular flexibility index (Phi) is 7.97. The van der Waals surface area contributed by atoms with Gasteiger partial charge in [-0.25, -0.2) is 22.2 Å². The van der Waals surface area contributed by atoms with Gasteiger partial charge in [0.15, 0.2) is 5.96 Å². The van der Waals surface area contributed by atoms with E-state index in [1.165, 1.54) is 6.26 Å². The predicted molar refractivity (Wildman–Crippen MR) is 103 cm³/mol. The molecule has 6 nitrogen and oxygen atoms in total. The molecule has 9 heteroatoms. The van der Waals surface area contributed by atoms with Gasteiger partial charge in [-0.05, 0) is 38.0 Å². The van der Waals surface area contributed by atoms with Crippen molar-refractivity contribution in [3.8, 4) is 0 Å². The molecule has 2 N–H and O–H groups in total. The lowest BCUT2D eigenvalue weighted by Gasteiger charge is -2.32. The zero-order valence-electron chi connectivity index (χ0n) is 15.8. The van der Waals surface area contributed by atoms with E-state index < -0.39 is 21.5 Å². The van der Waals surface area contributed by atoms with Gasteiger partial charge in [-0.15, -0.1) is 0 Å². The Morgan fingerprint density at radius 2 is 2.00 bits per heavy atom. The zero-order valence-corrected chi connectivity index (χ0v) is 16.7. The molecule has 1 aromatic carbocycles. The molecule has 0 saturated carbocycles. The van der Waals surface area contributed by atoms with Gasteiger partial charge in [-0.1, -0.05) is 0 Å². The number of hydrogen-bond donors (Lipinski definition) is 2. The Bertz CT molecular complexity index is 748. The molecule has 152 valence electrons. The number of sulfone groups is 1. The first-order valence-electron chi connectivity index (χ1n) is 9.15. The van der Waals surface area contributed by atoms with Gasteiger partial charge in [-0.3, -0.25) is 0 Å². The highest BCUT2D eigenvalue weighted by molar-refractivity contribution is 7.90. The third-order valence-electron chi connectivity index (χ3n) is 4.47. The van der Waals surface area contributed by atoms with Crippen LogP contribution >= 0.6 is 0 Å². The molecule has 0 aromatic heterocycles. The second-order valence-electron chi connectivity index (χ2n) is 6.82. The van der Waals surface area contributed by atoms with Gasteiger partial charge in [0.2, 0.25) is 0 Å². The fourth-order valence-electron chi connectivity index (χ4n) is 2.94. The minimum absolute atomic E-state index is 0.0477. The number of hydrogen-bond acceptors (Lipinski definition) is 4. The van der Waals surface area contributed by atoms with E-state index in [9.17, 15) is 17.2 Å². The number of likely N-dealkylation sites (tertiary alicyclic amines) is 1. The minimum Gasteiger partial charge on any atom is -0.357 e. The summed E-state index contributed by atoms with van der Waals surface area (Å²) in [5, 5.41) is 6.45. The second kappa shape index (κ2) is 9.98. The predicted octanol–water partition coefficient (Wildman–Crippen LogP) is 1.53. The molecular weight excluding hydrogens is 374 g/mol. The van der Waals surface area contributed by atoms with Crippen LogP contribution in [0.15, 0.2) is 23.2 Å². The van der Waals surface area contributed by atoms with Crippen LogP contribution in [0.3, 0.4) is 0 Å². The number of aliphatic imine (C=N–C) groups is 1. The van der Waals surface area contributed by atoms with E-state index in [0.717, 1.165) is 44.1 Å². The Morgan fingerprint density at radius 1 is 1.30 bits per heavy atom. The van der Waals surface area contributed by atoms with Gasteiger partial charge in [0, 0.05) is 44.0 Å². The van der Waals surface area contributed by atoms with E-state index in [1.54, 1.807) is 0 Å². The maximum Gasteiger partial charge on any atom is 0.191 e. The highest BCUT2D eigenvalue weighted by atomic mass is 32.2. The molecule has 0 unspecified atom stereocenters. The molecule has 1 aliphatic rings. The van der Waals surface area contributed by atoms with Crippen LogP contribution in [-0.4, -0.2) is 63.5 Å². The molecule has 0 atom stereocenters. The van der Waals surface area contributed by atoms with Crippen molar-refractivity contribution in [1.82, 2.24) is 15.5 Å². The van der Waals surface area contributed by atoms with E-state index in [0.29, 0.717) is 19.0 Å². The van der Waals surface area contributed by atoms with Gasteiger partial charge in [0.1, 0.15) is 21.5 Å². The first-order chi connectivity index (χ1) is 12.8. The van der Waals surface area contributed by atoms with Crippen LogP contribution in [0.4, 0.5) is 8.78 Å². The van der Waals surface area contributed by atoms with Crippen molar-refractivity contribution >= 4 is 15.8 Å². The Morgan fingerprint density at radius 3 is 2.63 bits per heavy atom. The molecule has 2 rings (SSSR count). The van der Waals surface area contributed by atoms with Gasteiger partial charge in [0.05, 0.1) is 12.3 Å². The molecule has 0 bridgehead atoms. The SMILES string of the molecule is CCNC(=NCc1cc(F)ccc1F)NC1CCN(CCS(C)(=O)=O)CC1. The fraction of sp³-hybridized carbons (Fsp3) is 0.611. The van der Waals surface area contributed by atoms with Crippen LogP contribution in [-0.2, 0) is 16.4 Å². The van der Waals surface area contributed by atoms with E-state index >= 15 is 0 Å². The van der Waals surface area contributed by atoms with E-state index in [1.807, 2.05) is 6.92 Å². The molecule has 1 aliphatic heterocycles. The van der Waals surface area contributed by atoms with Crippen molar-refractivity contribution in [2.75, 3.05) is 38.2 Å². The highest BCUT2D eigenvalue weighted by Gasteiger charge is 2.20. The summed E-state index contributed by atoms with van der Waals surface area (Å²) in [6.07, 6.45) is 2.98. The van der Waals surface area contributed by atoms with Gasteiger partial charge in [-0.2, -0.15) is 0 Å². The highest BCUT2D eigenvalue weighted by Crippen LogP contribution is 2.12. The molecule has 1 heterocycles.